The fourth-order valence-electron chi connectivity index (χ4n) is 1.92. The van der Waals surface area contributed by atoms with Gasteiger partial charge in [0.2, 0.25) is 0 Å². The predicted octanol–water partition coefficient (Wildman–Crippen LogP) is 1.90. The van der Waals surface area contributed by atoms with Gasteiger partial charge in [-0.3, -0.25) is 9.69 Å². The molecule has 1 saturated heterocycles. The number of imide groups is 1. The Morgan fingerprint density at radius 2 is 1.80 bits per heavy atom. The van der Waals surface area contributed by atoms with Crippen LogP contribution >= 0.6 is 0 Å². The molecular weight excluding hydrogens is 192 g/mol. The summed E-state index contributed by atoms with van der Waals surface area (Å²) in [6.07, 6.45) is 3.19. The Bertz CT molecular complexity index is 259. The van der Waals surface area contributed by atoms with Crippen LogP contribution in [0.5, 0.6) is 0 Å². The SMILES string of the molecule is CCCCN1C(=O)NC(CC)(CC)C1=O. The highest BCUT2D eigenvalue weighted by atomic mass is 16.2. The van der Waals surface area contributed by atoms with Crippen molar-refractivity contribution in [3.63, 3.8) is 0 Å². The minimum absolute atomic E-state index is 0.0500. The van der Waals surface area contributed by atoms with Crippen molar-refractivity contribution in [3.05, 3.63) is 0 Å². The van der Waals surface area contributed by atoms with Gasteiger partial charge in [-0.05, 0) is 19.3 Å². The summed E-state index contributed by atoms with van der Waals surface area (Å²) in [5.41, 5.74) is -0.634. The van der Waals surface area contributed by atoms with Gasteiger partial charge in [0.25, 0.3) is 5.91 Å². The van der Waals surface area contributed by atoms with Gasteiger partial charge in [-0.25, -0.2) is 4.79 Å². The van der Waals surface area contributed by atoms with Gasteiger partial charge >= 0.3 is 6.03 Å². The van der Waals surface area contributed by atoms with E-state index in [0.717, 1.165) is 12.8 Å². The minimum Gasteiger partial charge on any atom is -0.323 e. The van der Waals surface area contributed by atoms with Crippen molar-refractivity contribution in [3.8, 4) is 0 Å². The van der Waals surface area contributed by atoms with E-state index in [9.17, 15) is 9.59 Å². The fraction of sp³-hybridized carbons (Fsp3) is 0.818. The van der Waals surface area contributed by atoms with E-state index < -0.39 is 5.54 Å². The Morgan fingerprint density at radius 1 is 1.20 bits per heavy atom. The highest BCUT2D eigenvalue weighted by Gasteiger charge is 2.48. The highest BCUT2D eigenvalue weighted by Crippen LogP contribution is 2.24. The molecular formula is C11H20N2O2. The molecule has 0 atom stereocenters. The summed E-state index contributed by atoms with van der Waals surface area (Å²) < 4.78 is 0. The quantitative estimate of drug-likeness (QED) is 0.707. The number of carbonyl (C=O) groups excluding carboxylic acids is 2. The summed E-state index contributed by atoms with van der Waals surface area (Å²) in [4.78, 5) is 25.0. The van der Waals surface area contributed by atoms with Crippen molar-refractivity contribution in [2.45, 2.75) is 52.0 Å². The van der Waals surface area contributed by atoms with Crippen molar-refractivity contribution in [2.75, 3.05) is 6.54 Å². The Balaban J connectivity index is 2.77. The summed E-state index contributed by atoms with van der Waals surface area (Å²) in [5, 5.41) is 2.81. The number of unbranched alkanes of at least 4 members (excludes halogenated alkanes) is 1. The van der Waals surface area contributed by atoms with Gasteiger partial charge in [0.05, 0.1) is 0 Å². The van der Waals surface area contributed by atoms with E-state index in [0.29, 0.717) is 19.4 Å². The lowest BCUT2D eigenvalue weighted by molar-refractivity contribution is -0.131. The van der Waals surface area contributed by atoms with Crippen molar-refractivity contribution in [2.24, 2.45) is 0 Å². The molecule has 0 aromatic heterocycles. The average molecular weight is 212 g/mol. The van der Waals surface area contributed by atoms with E-state index in [-0.39, 0.29) is 11.9 Å². The number of amides is 3. The van der Waals surface area contributed by atoms with E-state index >= 15 is 0 Å². The predicted molar refractivity (Wildman–Crippen MR) is 58.5 cm³/mol. The molecule has 1 heterocycles. The normalized spacial score (nSPS) is 19.5. The third-order valence-corrected chi connectivity index (χ3v) is 3.19. The molecule has 4 nitrogen and oxygen atoms in total. The van der Waals surface area contributed by atoms with E-state index in [4.69, 9.17) is 0 Å². The molecule has 0 aromatic rings. The van der Waals surface area contributed by atoms with Crippen LogP contribution in [0.2, 0.25) is 0 Å². The summed E-state index contributed by atoms with van der Waals surface area (Å²) in [7, 11) is 0. The Labute approximate surface area is 91.0 Å². The maximum Gasteiger partial charge on any atom is 0.325 e. The van der Waals surface area contributed by atoms with Crippen LogP contribution in [0.4, 0.5) is 4.79 Å². The molecule has 0 radical (unpaired) electrons. The first kappa shape index (κ1) is 12.0. The van der Waals surface area contributed by atoms with E-state index in [1.54, 1.807) is 0 Å². The van der Waals surface area contributed by atoms with Gasteiger partial charge in [0.15, 0.2) is 0 Å². The number of nitrogens with one attached hydrogen (secondary N) is 1. The molecule has 1 fully saturated rings. The van der Waals surface area contributed by atoms with Gasteiger partial charge in [-0.15, -0.1) is 0 Å². The zero-order chi connectivity index (χ0) is 11.5. The summed E-state index contributed by atoms with van der Waals surface area (Å²) in [6, 6.07) is -0.225. The molecule has 0 saturated carbocycles. The van der Waals surface area contributed by atoms with E-state index in [1.807, 2.05) is 20.8 Å². The summed E-state index contributed by atoms with van der Waals surface area (Å²) in [6.45, 7) is 6.46. The zero-order valence-electron chi connectivity index (χ0n) is 9.80. The second-order valence-electron chi connectivity index (χ2n) is 4.03. The van der Waals surface area contributed by atoms with Gasteiger partial charge in [0.1, 0.15) is 5.54 Å². The number of rotatable bonds is 5. The molecule has 4 heteroatoms. The van der Waals surface area contributed by atoms with Gasteiger partial charge in [0, 0.05) is 6.54 Å². The highest BCUT2D eigenvalue weighted by molar-refractivity contribution is 6.06. The van der Waals surface area contributed by atoms with Crippen molar-refractivity contribution in [1.82, 2.24) is 10.2 Å². The molecule has 3 amide bonds. The molecule has 15 heavy (non-hydrogen) atoms. The fourth-order valence-corrected chi connectivity index (χ4v) is 1.92. The summed E-state index contributed by atoms with van der Waals surface area (Å²) in [5.74, 6) is -0.0500. The van der Waals surface area contributed by atoms with Gasteiger partial charge in [-0.1, -0.05) is 27.2 Å². The van der Waals surface area contributed by atoms with Crippen LogP contribution in [0.3, 0.4) is 0 Å². The molecule has 0 bridgehead atoms. The van der Waals surface area contributed by atoms with E-state index in [1.165, 1.54) is 4.90 Å². The molecule has 1 rings (SSSR count). The maximum atomic E-state index is 12.0. The molecule has 0 aromatic carbocycles. The monoisotopic (exact) mass is 212 g/mol. The topological polar surface area (TPSA) is 49.4 Å². The van der Waals surface area contributed by atoms with Crippen LogP contribution in [0.15, 0.2) is 0 Å². The minimum atomic E-state index is -0.634. The summed E-state index contributed by atoms with van der Waals surface area (Å²) >= 11 is 0. The van der Waals surface area contributed by atoms with Crippen LogP contribution < -0.4 is 5.32 Å². The molecule has 0 spiro atoms. The average Bonchev–Trinajstić information content (AvgIpc) is 2.49. The van der Waals surface area contributed by atoms with Gasteiger partial charge < -0.3 is 5.32 Å². The number of nitrogens with zero attached hydrogens (tertiary/aromatic N) is 1. The van der Waals surface area contributed by atoms with Gasteiger partial charge in [-0.2, -0.15) is 0 Å². The van der Waals surface area contributed by atoms with Crippen LogP contribution in [-0.4, -0.2) is 28.9 Å². The number of urea groups is 1. The van der Waals surface area contributed by atoms with E-state index in [2.05, 4.69) is 5.32 Å². The Kier molecular flexibility index (Phi) is 3.72. The first-order valence-electron chi connectivity index (χ1n) is 5.75. The Hall–Kier alpha value is -1.06. The molecule has 1 aliphatic rings. The third-order valence-electron chi connectivity index (χ3n) is 3.19. The smallest absolute Gasteiger partial charge is 0.323 e. The van der Waals surface area contributed by atoms with Crippen LogP contribution in [0, 0.1) is 0 Å². The molecule has 1 aliphatic heterocycles. The number of carbonyl (C=O) groups is 2. The molecule has 1 N–H and O–H groups in total. The lowest BCUT2D eigenvalue weighted by Crippen LogP contribution is -2.45. The lowest BCUT2D eigenvalue weighted by Gasteiger charge is -2.23. The van der Waals surface area contributed by atoms with Crippen molar-refractivity contribution < 1.29 is 9.59 Å². The molecule has 86 valence electrons. The molecule has 0 aliphatic carbocycles. The van der Waals surface area contributed by atoms with Crippen molar-refractivity contribution in [1.29, 1.82) is 0 Å². The second-order valence-corrected chi connectivity index (χ2v) is 4.03. The maximum absolute atomic E-state index is 12.0. The number of hydrogen-bond acceptors (Lipinski definition) is 2. The Morgan fingerprint density at radius 3 is 2.20 bits per heavy atom. The lowest BCUT2D eigenvalue weighted by atomic mass is 9.93. The van der Waals surface area contributed by atoms with Crippen LogP contribution in [-0.2, 0) is 4.79 Å². The standard InChI is InChI=1S/C11H20N2O2/c1-4-7-8-13-9(14)11(5-2,6-3)12-10(13)15/h4-8H2,1-3H3,(H,12,15). The third kappa shape index (κ3) is 1.98. The second kappa shape index (κ2) is 4.64. The molecule has 0 unspecified atom stereocenters. The largest absolute Gasteiger partial charge is 0.325 e. The number of hydrogen-bond donors (Lipinski definition) is 1. The van der Waals surface area contributed by atoms with Crippen LogP contribution in [0.25, 0.3) is 0 Å². The first-order chi connectivity index (χ1) is 7.11. The van der Waals surface area contributed by atoms with Crippen LogP contribution in [0.1, 0.15) is 46.5 Å². The first-order valence-corrected chi connectivity index (χ1v) is 5.75. The van der Waals surface area contributed by atoms with Crippen molar-refractivity contribution >= 4 is 11.9 Å². The zero-order valence-corrected chi connectivity index (χ0v) is 9.80.